The normalized spacial score (nSPS) is 16.9. The highest BCUT2D eigenvalue weighted by Crippen LogP contribution is 2.39. The summed E-state index contributed by atoms with van der Waals surface area (Å²) in [6, 6.07) is 11.1. The number of aromatic nitrogens is 5. The number of likely N-dealkylation sites (N-methyl/N-ethyl adjacent to an activating group) is 1. The van der Waals surface area contributed by atoms with Crippen molar-refractivity contribution in [1.82, 2.24) is 29.5 Å². The van der Waals surface area contributed by atoms with Crippen LogP contribution in [0.5, 0.6) is 11.5 Å². The molecule has 6 aromatic rings. The lowest BCUT2D eigenvalue weighted by Gasteiger charge is -2.35. The minimum atomic E-state index is -0.463. The number of aryl methyl sites for hydroxylation is 1. The molecule has 1 amide bonds. The number of carbonyl (C=O) groups is 1. The number of amides is 1. The van der Waals surface area contributed by atoms with Crippen LogP contribution in [0.4, 0.5) is 0 Å². The summed E-state index contributed by atoms with van der Waals surface area (Å²) >= 11 is 4.59. The Morgan fingerprint density at radius 2 is 1.91 bits per heavy atom. The number of methoxy groups -OCH3 is 1. The molecule has 1 fully saturated rings. The van der Waals surface area contributed by atoms with Crippen LogP contribution in [0.1, 0.15) is 46.7 Å². The molecule has 4 heterocycles. The highest BCUT2D eigenvalue weighted by Gasteiger charge is 2.30. The van der Waals surface area contributed by atoms with Crippen molar-refractivity contribution in [2.24, 2.45) is 0 Å². The van der Waals surface area contributed by atoms with Gasteiger partial charge < -0.3 is 19.5 Å². The van der Waals surface area contributed by atoms with Gasteiger partial charge in [-0.2, -0.15) is 5.10 Å². The molecule has 0 radical (unpaired) electrons. The third-order valence-corrected chi connectivity index (χ3v) is 10.7. The molecule has 1 aliphatic rings. The van der Waals surface area contributed by atoms with Gasteiger partial charge in [0, 0.05) is 35.7 Å². The number of benzene rings is 2. The summed E-state index contributed by atoms with van der Waals surface area (Å²) in [5.74, 6) is 1.25. The van der Waals surface area contributed by atoms with Crippen molar-refractivity contribution < 1.29 is 19.4 Å². The topological polar surface area (TPSA) is 115 Å². The van der Waals surface area contributed by atoms with Gasteiger partial charge in [0.25, 0.3) is 5.91 Å². The molecule has 1 saturated carbocycles. The number of rotatable bonds is 8. The lowest BCUT2D eigenvalue weighted by atomic mass is 9.91. The van der Waals surface area contributed by atoms with E-state index in [1.54, 1.807) is 23.6 Å². The largest absolute Gasteiger partial charge is 0.497 e. The van der Waals surface area contributed by atoms with Crippen LogP contribution in [0.3, 0.4) is 0 Å². The molecule has 0 bridgehead atoms. The Bertz CT molecular complexity index is 1930. The number of carbonyl (C=O) groups excluding carboxylic acids is 1. The maximum Gasteiger partial charge on any atom is 0.253 e. The minimum absolute atomic E-state index is 0.0777. The van der Waals surface area contributed by atoms with Crippen LogP contribution in [0.15, 0.2) is 48.0 Å². The Morgan fingerprint density at radius 3 is 2.68 bits per heavy atom. The Balaban J connectivity index is 1.06. The molecule has 2 aromatic carbocycles. The number of hydrogen-bond acceptors (Lipinski definition) is 11. The number of aliphatic hydroxyl groups excluding tert-OH is 1. The molecular formula is C31H30N6O4S3. The predicted molar refractivity (Wildman–Crippen MR) is 173 cm³/mol. The van der Waals surface area contributed by atoms with E-state index in [1.807, 2.05) is 54.9 Å². The van der Waals surface area contributed by atoms with Gasteiger partial charge >= 0.3 is 0 Å². The number of thiazole rings is 2. The maximum absolute atomic E-state index is 13.1. The zero-order chi connectivity index (χ0) is 30.4. The molecule has 0 saturated heterocycles. The van der Waals surface area contributed by atoms with E-state index in [1.165, 1.54) is 34.0 Å². The number of hydrogen-bond donors (Lipinski definition) is 1. The van der Waals surface area contributed by atoms with Crippen molar-refractivity contribution >= 4 is 55.1 Å². The molecule has 4 aromatic heterocycles. The molecule has 0 aliphatic heterocycles. The maximum atomic E-state index is 13.1. The van der Waals surface area contributed by atoms with Gasteiger partial charge in [0.2, 0.25) is 4.96 Å². The average Bonchev–Trinajstić information content (AvgIpc) is 3.82. The molecule has 2 atom stereocenters. The van der Waals surface area contributed by atoms with Crippen LogP contribution < -0.4 is 9.47 Å². The monoisotopic (exact) mass is 646 g/mol. The summed E-state index contributed by atoms with van der Waals surface area (Å²) < 4.78 is 14.5. The Morgan fingerprint density at radius 1 is 1.09 bits per heavy atom. The van der Waals surface area contributed by atoms with Crippen molar-refractivity contribution in [3.05, 3.63) is 64.2 Å². The molecule has 10 nitrogen and oxygen atoms in total. The van der Waals surface area contributed by atoms with Crippen LogP contribution in [0.2, 0.25) is 0 Å². The third kappa shape index (κ3) is 5.56. The summed E-state index contributed by atoms with van der Waals surface area (Å²) in [5, 5.41) is 19.4. The fourth-order valence-electron chi connectivity index (χ4n) is 5.53. The van der Waals surface area contributed by atoms with Gasteiger partial charge in [-0.3, -0.25) is 4.79 Å². The first-order chi connectivity index (χ1) is 21.4. The van der Waals surface area contributed by atoms with Crippen molar-refractivity contribution in [3.8, 4) is 32.8 Å². The second-order valence-corrected chi connectivity index (χ2v) is 13.8. The molecule has 1 N–H and O–H groups in total. The van der Waals surface area contributed by atoms with Gasteiger partial charge in [-0.25, -0.2) is 19.5 Å². The van der Waals surface area contributed by atoms with Crippen molar-refractivity contribution in [2.75, 3.05) is 14.2 Å². The molecule has 44 heavy (non-hydrogen) atoms. The molecule has 7 rings (SSSR count). The predicted octanol–water partition coefficient (Wildman–Crippen LogP) is 6.46. The lowest BCUT2D eigenvalue weighted by molar-refractivity contribution is 0.0268. The second kappa shape index (κ2) is 11.9. The number of aliphatic hydroxyl groups is 1. The van der Waals surface area contributed by atoms with E-state index in [2.05, 4.69) is 5.10 Å². The van der Waals surface area contributed by atoms with Crippen LogP contribution in [0, 0.1) is 6.92 Å². The minimum Gasteiger partial charge on any atom is -0.497 e. The van der Waals surface area contributed by atoms with E-state index in [0.717, 1.165) is 72.8 Å². The quantitative estimate of drug-likeness (QED) is 0.200. The lowest BCUT2D eigenvalue weighted by Crippen LogP contribution is -2.46. The number of fused-ring (bicyclic) bond motifs is 2. The zero-order valence-electron chi connectivity index (χ0n) is 24.4. The third-order valence-electron chi connectivity index (χ3n) is 7.85. The Labute approximate surface area is 265 Å². The number of nitrogens with zero attached hydrogens (tertiary/aromatic N) is 6. The van der Waals surface area contributed by atoms with E-state index in [4.69, 9.17) is 24.4 Å². The highest BCUT2D eigenvalue weighted by molar-refractivity contribution is 7.22. The summed E-state index contributed by atoms with van der Waals surface area (Å²) in [5.41, 5.74) is 3.87. The summed E-state index contributed by atoms with van der Waals surface area (Å²) in [6.45, 7) is 2.24. The van der Waals surface area contributed by atoms with Gasteiger partial charge in [-0.15, -0.1) is 22.7 Å². The molecular weight excluding hydrogens is 617 g/mol. The van der Waals surface area contributed by atoms with Crippen molar-refractivity contribution in [1.29, 1.82) is 0 Å². The van der Waals surface area contributed by atoms with Crippen LogP contribution >= 0.6 is 34.0 Å². The van der Waals surface area contributed by atoms with Gasteiger partial charge in [0.05, 0.1) is 41.4 Å². The first kappa shape index (κ1) is 28.8. The van der Waals surface area contributed by atoms with E-state index in [9.17, 15) is 9.90 Å². The Kier molecular flexibility index (Phi) is 7.79. The Hall–Kier alpha value is -3.91. The second-order valence-electron chi connectivity index (χ2n) is 10.8. The molecule has 13 heteroatoms. The first-order valence-corrected chi connectivity index (χ1v) is 16.8. The van der Waals surface area contributed by atoms with Crippen molar-refractivity contribution in [2.45, 2.75) is 51.4 Å². The summed E-state index contributed by atoms with van der Waals surface area (Å²) in [6.07, 6.45) is 5.05. The summed E-state index contributed by atoms with van der Waals surface area (Å²) in [4.78, 5) is 29.9. The van der Waals surface area contributed by atoms with E-state index in [-0.39, 0.29) is 18.6 Å². The van der Waals surface area contributed by atoms with E-state index < -0.39 is 6.10 Å². The fourth-order valence-corrected chi connectivity index (χ4v) is 8.03. The SMILES string of the molecule is COc1cc(OCc2csc(-c3ccc(C(=O)N(C)C4CCCC[C@H]4O)cc3)n2)c2sc(-c3cn4nc(C)sc4n3)nc2c1. The van der Waals surface area contributed by atoms with E-state index in [0.29, 0.717) is 17.1 Å². The van der Waals surface area contributed by atoms with Crippen LogP contribution in [-0.4, -0.2) is 66.8 Å². The van der Waals surface area contributed by atoms with E-state index >= 15 is 0 Å². The van der Waals surface area contributed by atoms with Gasteiger partial charge in [-0.05, 0) is 31.9 Å². The van der Waals surface area contributed by atoms with Crippen LogP contribution in [-0.2, 0) is 6.61 Å². The first-order valence-electron chi connectivity index (χ1n) is 14.3. The highest BCUT2D eigenvalue weighted by atomic mass is 32.1. The fraction of sp³-hybridized carbons (Fsp3) is 0.323. The average molecular weight is 647 g/mol. The zero-order valence-corrected chi connectivity index (χ0v) is 26.8. The smallest absolute Gasteiger partial charge is 0.253 e. The van der Waals surface area contributed by atoms with Crippen LogP contribution in [0.25, 0.3) is 36.5 Å². The summed E-state index contributed by atoms with van der Waals surface area (Å²) in [7, 11) is 3.41. The number of ether oxygens (including phenoxy) is 2. The van der Waals surface area contributed by atoms with Crippen molar-refractivity contribution in [3.63, 3.8) is 0 Å². The molecule has 226 valence electrons. The standard InChI is InChI=1S/C31H30N6O4S3/c1-17-35-37-14-23(34-31(37)43-17)29-33-22-12-21(40-3)13-26(27(22)44-29)41-15-20-16-42-28(32-20)18-8-10-19(11-9-18)30(39)36(2)24-6-4-5-7-25(24)38/h8-14,16,24-25,38H,4-7,15H2,1-3H3/t24?,25-/m1/s1. The molecule has 1 aliphatic carbocycles. The molecule has 1 unspecified atom stereocenters. The number of imidazole rings is 1. The molecule has 0 spiro atoms. The van der Waals surface area contributed by atoms with Gasteiger partial charge in [0.15, 0.2) is 0 Å². The van der Waals surface area contributed by atoms with Gasteiger partial charge in [-0.1, -0.05) is 36.3 Å². The van der Waals surface area contributed by atoms with Gasteiger partial charge in [0.1, 0.15) is 38.8 Å².